The lowest BCUT2D eigenvalue weighted by Crippen LogP contribution is -2.16. The Kier molecular flexibility index (Phi) is 4.60. The molecule has 15 heavy (non-hydrogen) atoms. The molecule has 2 unspecified atom stereocenters. The maximum absolute atomic E-state index is 13.0. The topological polar surface area (TPSA) is 0 Å². The number of halogens is 3. The molecule has 0 saturated carbocycles. The molecule has 0 aliphatic carbocycles. The van der Waals surface area contributed by atoms with Gasteiger partial charge in [-0.3, -0.25) is 0 Å². The summed E-state index contributed by atoms with van der Waals surface area (Å²) in [7, 11) is 0. The zero-order valence-corrected chi connectivity index (χ0v) is 11.4. The van der Waals surface area contributed by atoms with Gasteiger partial charge in [0.1, 0.15) is 5.82 Å². The van der Waals surface area contributed by atoms with Crippen LogP contribution >= 0.6 is 27.5 Å². The molecule has 0 N–H and O–H groups in total. The van der Waals surface area contributed by atoms with Crippen LogP contribution in [0.4, 0.5) is 4.39 Å². The summed E-state index contributed by atoms with van der Waals surface area (Å²) in [5.41, 5.74) is 1.07. The summed E-state index contributed by atoms with van der Waals surface area (Å²) < 4.78 is 13.5. The molecule has 0 radical (unpaired) electrons. The number of hydrogen-bond acceptors (Lipinski definition) is 0. The lowest BCUT2D eigenvalue weighted by molar-refractivity contribution is 0.532. The van der Waals surface area contributed by atoms with Gasteiger partial charge in [-0.25, -0.2) is 4.39 Å². The summed E-state index contributed by atoms with van der Waals surface area (Å²) in [6.07, 6.45) is 0. The van der Waals surface area contributed by atoms with Crippen LogP contribution in [0.25, 0.3) is 0 Å². The molecule has 1 rings (SSSR count). The second-order valence-electron chi connectivity index (χ2n) is 4.15. The zero-order chi connectivity index (χ0) is 11.6. The second-order valence-corrected chi connectivity index (χ2v) is 5.51. The minimum atomic E-state index is -0.235. The van der Waals surface area contributed by atoms with Crippen molar-refractivity contribution < 1.29 is 4.39 Å². The zero-order valence-electron chi connectivity index (χ0n) is 9.10. The Morgan fingerprint density at radius 3 is 2.33 bits per heavy atom. The average molecular weight is 294 g/mol. The standard InChI is InChI=1S/C12H15BrClF/c1-7(2)12(14)8(3)9-4-5-11(15)10(13)6-9/h4-8,12H,1-3H3. The largest absolute Gasteiger partial charge is 0.206 e. The fraction of sp³-hybridized carbons (Fsp3) is 0.500. The molecule has 0 amide bonds. The molecule has 0 aliphatic rings. The van der Waals surface area contributed by atoms with E-state index in [1.165, 1.54) is 6.07 Å². The van der Waals surface area contributed by atoms with E-state index in [0.29, 0.717) is 10.4 Å². The van der Waals surface area contributed by atoms with Gasteiger partial charge in [-0.05, 0) is 45.5 Å². The Bertz CT molecular complexity index is 338. The van der Waals surface area contributed by atoms with Gasteiger partial charge in [0, 0.05) is 5.38 Å². The Hall–Kier alpha value is -0.0800. The Morgan fingerprint density at radius 1 is 1.27 bits per heavy atom. The molecule has 0 saturated heterocycles. The molecule has 2 atom stereocenters. The summed E-state index contributed by atoms with van der Waals surface area (Å²) in [6, 6.07) is 5.07. The van der Waals surface area contributed by atoms with Crippen LogP contribution < -0.4 is 0 Å². The van der Waals surface area contributed by atoms with Crippen LogP contribution in [0.1, 0.15) is 32.3 Å². The smallest absolute Gasteiger partial charge is 0.137 e. The predicted octanol–water partition coefficient (Wildman–Crippen LogP) is 4.96. The molecule has 84 valence electrons. The van der Waals surface area contributed by atoms with E-state index >= 15 is 0 Å². The monoisotopic (exact) mass is 292 g/mol. The molecule has 1 aromatic rings. The normalized spacial score (nSPS) is 15.4. The highest BCUT2D eigenvalue weighted by Gasteiger charge is 2.20. The van der Waals surface area contributed by atoms with Gasteiger partial charge in [0.15, 0.2) is 0 Å². The van der Waals surface area contributed by atoms with Gasteiger partial charge in [-0.2, -0.15) is 0 Å². The van der Waals surface area contributed by atoms with Crippen molar-refractivity contribution in [1.82, 2.24) is 0 Å². The van der Waals surface area contributed by atoms with Gasteiger partial charge in [-0.1, -0.05) is 26.8 Å². The number of alkyl halides is 1. The highest BCUT2D eigenvalue weighted by atomic mass is 79.9. The molecule has 0 spiro atoms. The third-order valence-corrected chi connectivity index (χ3v) is 4.07. The van der Waals surface area contributed by atoms with Crippen molar-refractivity contribution in [3.05, 3.63) is 34.1 Å². The molecule has 0 nitrogen and oxygen atoms in total. The number of benzene rings is 1. The van der Waals surface area contributed by atoms with Crippen molar-refractivity contribution in [3.8, 4) is 0 Å². The summed E-state index contributed by atoms with van der Waals surface area (Å²) in [6.45, 7) is 6.25. The SMILES string of the molecule is CC(C)C(Cl)C(C)c1ccc(F)c(Br)c1. The molecule has 0 fully saturated rings. The summed E-state index contributed by atoms with van der Waals surface area (Å²) in [4.78, 5) is 0. The van der Waals surface area contributed by atoms with Gasteiger partial charge in [0.05, 0.1) is 4.47 Å². The molecular formula is C12H15BrClF. The molecular weight excluding hydrogens is 278 g/mol. The van der Waals surface area contributed by atoms with Crippen molar-refractivity contribution in [3.63, 3.8) is 0 Å². The van der Waals surface area contributed by atoms with E-state index in [-0.39, 0.29) is 17.1 Å². The molecule has 3 heteroatoms. The Balaban J connectivity index is 2.91. The van der Waals surface area contributed by atoms with Gasteiger partial charge >= 0.3 is 0 Å². The van der Waals surface area contributed by atoms with Gasteiger partial charge in [-0.15, -0.1) is 11.6 Å². The third kappa shape index (κ3) is 3.18. The van der Waals surface area contributed by atoms with E-state index in [2.05, 4.69) is 36.7 Å². The van der Waals surface area contributed by atoms with E-state index in [1.54, 1.807) is 12.1 Å². The maximum atomic E-state index is 13.0. The van der Waals surface area contributed by atoms with Crippen molar-refractivity contribution in [1.29, 1.82) is 0 Å². The van der Waals surface area contributed by atoms with Crippen molar-refractivity contribution >= 4 is 27.5 Å². The van der Waals surface area contributed by atoms with Crippen molar-refractivity contribution in [2.45, 2.75) is 32.1 Å². The first-order valence-electron chi connectivity index (χ1n) is 5.02. The molecule has 0 aromatic heterocycles. The summed E-state index contributed by atoms with van der Waals surface area (Å²) in [5.74, 6) is 0.399. The van der Waals surface area contributed by atoms with E-state index in [4.69, 9.17) is 11.6 Å². The first-order valence-corrected chi connectivity index (χ1v) is 6.25. The van der Waals surface area contributed by atoms with Crippen LogP contribution in [-0.2, 0) is 0 Å². The second kappa shape index (κ2) is 5.31. The Morgan fingerprint density at radius 2 is 1.87 bits per heavy atom. The summed E-state index contributed by atoms with van der Waals surface area (Å²) in [5, 5.41) is 0.0716. The fourth-order valence-electron chi connectivity index (χ4n) is 1.56. The van der Waals surface area contributed by atoms with Crippen LogP contribution in [0.2, 0.25) is 0 Å². The van der Waals surface area contributed by atoms with Crippen LogP contribution in [0.5, 0.6) is 0 Å². The molecule has 0 bridgehead atoms. The predicted molar refractivity (Wildman–Crippen MR) is 67.0 cm³/mol. The first-order chi connectivity index (χ1) is 6.93. The van der Waals surface area contributed by atoms with Gasteiger partial charge < -0.3 is 0 Å². The van der Waals surface area contributed by atoms with Crippen LogP contribution in [0.15, 0.2) is 22.7 Å². The third-order valence-electron chi connectivity index (χ3n) is 2.58. The Labute approximate surface area is 104 Å². The van der Waals surface area contributed by atoms with Crippen LogP contribution in [0, 0.1) is 11.7 Å². The minimum absolute atomic E-state index is 0.0716. The van der Waals surface area contributed by atoms with E-state index in [0.717, 1.165) is 5.56 Å². The highest BCUT2D eigenvalue weighted by molar-refractivity contribution is 9.10. The van der Waals surface area contributed by atoms with Gasteiger partial charge in [0.2, 0.25) is 0 Å². The lowest BCUT2D eigenvalue weighted by Gasteiger charge is -2.21. The molecule has 0 heterocycles. The van der Waals surface area contributed by atoms with Crippen molar-refractivity contribution in [2.75, 3.05) is 0 Å². The van der Waals surface area contributed by atoms with Crippen LogP contribution in [0.3, 0.4) is 0 Å². The first kappa shape index (κ1) is 13.0. The fourth-order valence-corrected chi connectivity index (χ4v) is 2.10. The highest BCUT2D eigenvalue weighted by Crippen LogP contribution is 2.30. The number of hydrogen-bond donors (Lipinski definition) is 0. The molecule has 1 aromatic carbocycles. The number of rotatable bonds is 3. The average Bonchev–Trinajstić information content (AvgIpc) is 2.19. The summed E-state index contributed by atoms with van der Waals surface area (Å²) >= 11 is 9.47. The quantitative estimate of drug-likeness (QED) is 0.691. The van der Waals surface area contributed by atoms with Crippen molar-refractivity contribution in [2.24, 2.45) is 5.92 Å². The van der Waals surface area contributed by atoms with Crippen LogP contribution in [-0.4, -0.2) is 5.38 Å². The van der Waals surface area contributed by atoms with E-state index < -0.39 is 0 Å². The maximum Gasteiger partial charge on any atom is 0.137 e. The lowest BCUT2D eigenvalue weighted by atomic mass is 9.91. The van der Waals surface area contributed by atoms with E-state index in [9.17, 15) is 4.39 Å². The molecule has 0 aliphatic heterocycles. The van der Waals surface area contributed by atoms with E-state index in [1.807, 2.05) is 0 Å². The minimum Gasteiger partial charge on any atom is -0.206 e. The van der Waals surface area contributed by atoms with Gasteiger partial charge in [0.25, 0.3) is 0 Å².